The van der Waals surface area contributed by atoms with Crippen LogP contribution in [-0.4, -0.2) is 6.04 Å². The molecule has 0 aliphatic heterocycles. The van der Waals surface area contributed by atoms with Crippen molar-refractivity contribution in [2.75, 3.05) is 0 Å². The molecule has 0 bridgehead atoms. The zero-order valence-electron chi connectivity index (χ0n) is 10.0. The van der Waals surface area contributed by atoms with E-state index in [1.54, 1.807) is 0 Å². The Bertz CT molecular complexity index is 174. The van der Waals surface area contributed by atoms with Gasteiger partial charge >= 0.3 is 0 Å². The van der Waals surface area contributed by atoms with Gasteiger partial charge in [-0.15, -0.1) is 0 Å². The quantitative estimate of drug-likeness (QED) is 0.665. The van der Waals surface area contributed by atoms with E-state index >= 15 is 0 Å². The molecule has 0 fully saturated rings. The Morgan fingerprint density at radius 3 is 1.77 bits per heavy atom. The third kappa shape index (κ3) is 4.47. The fraction of sp³-hybridized carbons (Fsp3) is 0.833. The van der Waals surface area contributed by atoms with Crippen molar-refractivity contribution in [2.45, 2.75) is 54.0 Å². The molecule has 0 aliphatic rings. The van der Waals surface area contributed by atoms with Gasteiger partial charge in [0.25, 0.3) is 0 Å². The van der Waals surface area contributed by atoms with Crippen molar-refractivity contribution < 1.29 is 0 Å². The van der Waals surface area contributed by atoms with Crippen LogP contribution in [0, 0.1) is 11.8 Å². The van der Waals surface area contributed by atoms with Crippen LogP contribution >= 0.6 is 0 Å². The van der Waals surface area contributed by atoms with Gasteiger partial charge in [-0.2, -0.15) is 0 Å². The van der Waals surface area contributed by atoms with Gasteiger partial charge in [-0.25, -0.2) is 0 Å². The summed E-state index contributed by atoms with van der Waals surface area (Å²) in [6, 6.07) is 0.307. The van der Waals surface area contributed by atoms with Gasteiger partial charge in [0.2, 0.25) is 0 Å². The van der Waals surface area contributed by atoms with E-state index in [4.69, 9.17) is 5.73 Å². The van der Waals surface area contributed by atoms with Crippen molar-refractivity contribution in [2.24, 2.45) is 17.6 Å². The summed E-state index contributed by atoms with van der Waals surface area (Å²) < 4.78 is 0. The van der Waals surface area contributed by atoms with Gasteiger partial charge in [-0.05, 0) is 46.0 Å². The molecular formula is C12H25N. The van der Waals surface area contributed by atoms with Crippen LogP contribution in [0.4, 0.5) is 0 Å². The molecule has 0 aromatic carbocycles. The van der Waals surface area contributed by atoms with Crippen LogP contribution in [0.3, 0.4) is 0 Å². The minimum Gasteiger partial charge on any atom is -0.328 e. The number of rotatable bonds is 4. The highest BCUT2D eigenvalue weighted by Crippen LogP contribution is 2.26. The van der Waals surface area contributed by atoms with Crippen molar-refractivity contribution >= 4 is 0 Å². The van der Waals surface area contributed by atoms with Gasteiger partial charge in [0.15, 0.2) is 0 Å². The summed E-state index contributed by atoms with van der Waals surface area (Å²) in [5.41, 5.74) is 8.81. The van der Waals surface area contributed by atoms with Crippen LogP contribution in [0.5, 0.6) is 0 Å². The smallest absolute Gasteiger partial charge is 0.00162 e. The SMILES string of the molecule is CC(C)=C(C)C(CC(C)N)C(C)C. The van der Waals surface area contributed by atoms with Crippen molar-refractivity contribution in [1.29, 1.82) is 0 Å². The molecule has 2 atom stereocenters. The minimum absolute atomic E-state index is 0.307. The third-order valence-corrected chi connectivity index (χ3v) is 2.78. The van der Waals surface area contributed by atoms with Crippen LogP contribution in [0.1, 0.15) is 48.0 Å². The number of hydrogen-bond acceptors (Lipinski definition) is 1. The molecule has 0 aromatic heterocycles. The molecule has 1 nitrogen and oxygen atoms in total. The third-order valence-electron chi connectivity index (χ3n) is 2.78. The zero-order valence-corrected chi connectivity index (χ0v) is 10.0. The van der Waals surface area contributed by atoms with Gasteiger partial charge in [-0.1, -0.05) is 25.0 Å². The number of allylic oxidation sites excluding steroid dienone is 2. The predicted molar refractivity (Wildman–Crippen MR) is 60.6 cm³/mol. The Hall–Kier alpha value is -0.300. The highest BCUT2D eigenvalue weighted by Gasteiger charge is 2.17. The molecule has 0 rings (SSSR count). The van der Waals surface area contributed by atoms with E-state index in [1.807, 2.05) is 0 Å². The highest BCUT2D eigenvalue weighted by molar-refractivity contribution is 5.11. The summed E-state index contributed by atoms with van der Waals surface area (Å²) in [5.74, 6) is 1.35. The summed E-state index contributed by atoms with van der Waals surface area (Å²) >= 11 is 0. The van der Waals surface area contributed by atoms with E-state index in [1.165, 1.54) is 11.1 Å². The molecule has 2 N–H and O–H groups in total. The molecule has 0 aromatic rings. The minimum atomic E-state index is 0.307. The summed E-state index contributed by atoms with van der Waals surface area (Å²) in [7, 11) is 0. The molecule has 1 heteroatoms. The fourth-order valence-corrected chi connectivity index (χ4v) is 1.72. The largest absolute Gasteiger partial charge is 0.328 e. The molecule has 0 radical (unpaired) electrons. The molecule has 0 heterocycles. The van der Waals surface area contributed by atoms with Crippen LogP contribution in [-0.2, 0) is 0 Å². The summed E-state index contributed by atoms with van der Waals surface area (Å²) in [6.45, 7) is 13.3. The van der Waals surface area contributed by atoms with Crippen LogP contribution in [0.2, 0.25) is 0 Å². The second-order valence-electron chi connectivity index (χ2n) is 4.75. The van der Waals surface area contributed by atoms with E-state index in [9.17, 15) is 0 Å². The molecule has 78 valence electrons. The normalized spacial score (nSPS) is 15.7. The summed E-state index contributed by atoms with van der Waals surface area (Å²) in [5, 5.41) is 0. The lowest BCUT2D eigenvalue weighted by Crippen LogP contribution is -2.23. The van der Waals surface area contributed by atoms with Crippen molar-refractivity contribution in [3.63, 3.8) is 0 Å². The van der Waals surface area contributed by atoms with Crippen molar-refractivity contribution in [1.82, 2.24) is 0 Å². The van der Waals surface area contributed by atoms with E-state index in [0.29, 0.717) is 17.9 Å². The predicted octanol–water partition coefficient (Wildman–Crippen LogP) is 3.35. The van der Waals surface area contributed by atoms with Crippen LogP contribution in [0.25, 0.3) is 0 Å². The lowest BCUT2D eigenvalue weighted by Gasteiger charge is -2.25. The van der Waals surface area contributed by atoms with Crippen LogP contribution < -0.4 is 5.73 Å². The highest BCUT2D eigenvalue weighted by atomic mass is 14.6. The summed E-state index contributed by atoms with van der Waals surface area (Å²) in [4.78, 5) is 0. The maximum Gasteiger partial charge on any atom is 0.00162 e. The van der Waals surface area contributed by atoms with Crippen LogP contribution in [0.15, 0.2) is 11.1 Å². The average Bonchev–Trinajstić information content (AvgIpc) is 1.97. The first-order valence-corrected chi connectivity index (χ1v) is 5.25. The first kappa shape index (κ1) is 12.7. The van der Waals surface area contributed by atoms with Crippen molar-refractivity contribution in [3.8, 4) is 0 Å². The standard InChI is InChI=1S/C12H25N/c1-8(2)11(6)12(9(3)4)7-10(5)13/h9-10,12H,7,13H2,1-6H3. The molecule has 2 unspecified atom stereocenters. The Morgan fingerprint density at radius 2 is 1.54 bits per heavy atom. The molecular weight excluding hydrogens is 158 g/mol. The van der Waals surface area contributed by atoms with E-state index < -0.39 is 0 Å². The molecule has 0 saturated heterocycles. The Morgan fingerprint density at radius 1 is 1.08 bits per heavy atom. The topological polar surface area (TPSA) is 26.0 Å². The first-order valence-electron chi connectivity index (χ1n) is 5.25. The van der Waals surface area contributed by atoms with Gasteiger partial charge in [0.1, 0.15) is 0 Å². The maximum absolute atomic E-state index is 5.85. The summed E-state index contributed by atoms with van der Waals surface area (Å²) in [6.07, 6.45) is 1.11. The van der Waals surface area contributed by atoms with E-state index in [2.05, 4.69) is 41.5 Å². The van der Waals surface area contributed by atoms with Gasteiger partial charge in [-0.3, -0.25) is 0 Å². The fourth-order valence-electron chi connectivity index (χ4n) is 1.72. The Labute approximate surface area is 83.4 Å². The first-order chi connectivity index (χ1) is 5.86. The Balaban J connectivity index is 4.53. The van der Waals surface area contributed by atoms with Gasteiger partial charge in [0.05, 0.1) is 0 Å². The molecule has 0 spiro atoms. The lowest BCUT2D eigenvalue weighted by atomic mass is 9.82. The molecule has 0 amide bonds. The second kappa shape index (κ2) is 5.43. The van der Waals surface area contributed by atoms with E-state index in [-0.39, 0.29) is 0 Å². The van der Waals surface area contributed by atoms with E-state index in [0.717, 1.165) is 6.42 Å². The molecule has 0 saturated carbocycles. The zero-order chi connectivity index (χ0) is 10.6. The molecule has 0 aliphatic carbocycles. The number of nitrogens with two attached hydrogens (primary N) is 1. The monoisotopic (exact) mass is 183 g/mol. The average molecular weight is 183 g/mol. The Kier molecular flexibility index (Phi) is 5.31. The number of hydrogen-bond donors (Lipinski definition) is 1. The maximum atomic E-state index is 5.85. The lowest BCUT2D eigenvalue weighted by molar-refractivity contribution is 0.387. The second-order valence-corrected chi connectivity index (χ2v) is 4.75. The molecule has 13 heavy (non-hydrogen) atoms. The van der Waals surface area contributed by atoms with Gasteiger partial charge in [0, 0.05) is 6.04 Å². The van der Waals surface area contributed by atoms with Gasteiger partial charge < -0.3 is 5.73 Å². The van der Waals surface area contributed by atoms with Crippen molar-refractivity contribution in [3.05, 3.63) is 11.1 Å².